The molecule has 1 fully saturated rings. The molecule has 0 amide bonds. The maximum Gasteiger partial charge on any atom is 0.280 e. The summed E-state index contributed by atoms with van der Waals surface area (Å²) < 4.78 is 5.27. The van der Waals surface area contributed by atoms with Gasteiger partial charge in [-0.25, -0.2) is 0 Å². The minimum atomic E-state index is -0.128. The average molecular weight is 266 g/mol. The number of nitrogens with one attached hydrogen (secondary N) is 2. The summed E-state index contributed by atoms with van der Waals surface area (Å²) in [6.07, 6.45) is 5.74. The lowest BCUT2D eigenvalue weighted by atomic mass is 9.75. The molecule has 4 heteroatoms. The highest BCUT2D eigenvalue weighted by molar-refractivity contribution is 5.05. The van der Waals surface area contributed by atoms with E-state index in [-0.39, 0.29) is 5.56 Å². The van der Waals surface area contributed by atoms with Crippen molar-refractivity contribution in [2.75, 3.05) is 6.54 Å². The predicted molar refractivity (Wildman–Crippen MR) is 76.4 cm³/mol. The highest BCUT2D eigenvalue weighted by atomic mass is 16.5. The molecule has 0 bridgehead atoms. The summed E-state index contributed by atoms with van der Waals surface area (Å²) in [6, 6.07) is 2.13. The van der Waals surface area contributed by atoms with Crippen molar-refractivity contribution in [2.45, 2.75) is 64.8 Å². The fraction of sp³-hybridized carbons (Fsp3) is 0.800. The van der Waals surface area contributed by atoms with Crippen LogP contribution in [0.4, 0.5) is 0 Å². The van der Waals surface area contributed by atoms with Crippen molar-refractivity contribution in [1.29, 1.82) is 0 Å². The minimum Gasteiger partial charge on any atom is -0.383 e. The van der Waals surface area contributed by atoms with Crippen molar-refractivity contribution in [3.8, 4) is 0 Å². The lowest BCUT2D eigenvalue weighted by Gasteiger charge is -2.36. The molecule has 1 saturated heterocycles. The number of aromatic amines is 1. The Morgan fingerprint density at radius 2 is 2.16 bits per heavy atom. The van der Waals surface area contributed by atoms with Gasteiger partial charge in [0.2, 0.25) is 0 Å². The van der Waals surface area contributed by atoms with E-state index >= 15 is 0 Å². The lowest BCUT2D eigenvalue weighted by molar-refractivity contribution is 0.198. The van der Waals surface area contributed by atoms with E-state index in [1.54, 1.807) is 6.07 Å². The largest absolute Gasteiger partial charge is 0.383 e. The van der Waals surface area contributed by atoms with E-state index in [9.17, 15) is 4.79 Å². The number of H-pyrrole nitrogens is 1. The van der Waals surface area contributed by atoms with Crippen molar-refractivity contribution < 1.29 is 4.52 Å². The Labute approximate surface area is 114 Å². The van der Waals surface area contributed by atoms with Crippen molar-refractivity contribution >= 4 is 0 Å². The van der Waals surface area contributed by atoms with Gasteiger partial charge in [0.05, 0.1) is 0 Å². The van der Waals surface area contributed by atoms with Crippen molar-refractivity contribution in [3.63, 3.8) is 0 Å². The van der Waals surface area contributed by atoms with Crippen LogP contribution in [-0.4, -0.2) is 17.7 Å². The monoisotopic (exact) mass is 266 g/mol. The molecule has 0 spiro atoms. The number of hydrogen-bond acceptors (Lipinski definition) is 3. The number of rotatable bonds is 5. The lowest BCUT2D eigenvalue weighted by Crippen LogP contribution is -2.40. The highest BCUT2D eigenvalue weighted by Gasteiger charge is 2.30. The summed E-state index contributed by atoms with van der Waals surface area (Å²) in [5, 5.41) is 6.02. The summed E-state index contributed by atoms with van der Waals surface area (Å²) in [5.74, 6) is 1.20. The van der Waals surface area contributed by atoms with Crippen LogP contribution in [0.25, 0.3) is 0 Å². The average Bonchev–Trinajstić information content (AvgIpc) is 2.86. The summed E-state index contributed by atoms with van der Waals surface area (Å²) in [5.41, 5.74) is 0.287. The Kier molecular flexibility index (Phi) is 4.50. The molecular weight excluding hydrogens is 240 g/mol. The van der Waals surface area contributed by atoms with Crippen LogP contribution >= 0.6 is 0 Å². The van der Waals surface area contributed by atoms with Crippen LogP contribution in [0.3, 0.4) is 0 Å². The minimum absolute atomic E-state index is 0.128. The normalized spacial score (nSPS) is 24.6. The maximum atomic E-state index is 11.2. The first kappa shape index (κ1) is 14.4. The summed E-state index contributed by atoms with van der Waals surface area (Å²) in [6.45, 7) is 7.92. The molecular formula is C15H26N2O2. The second-order valence-electron chi connectivity index (χ2n) is 6.21. The van der Waals surface area contributed by atoms with Gasteiger partial charge < -0.3 is 9.84 Å². The summed E-state index contributed by atoms with van der Waals surface area (Å²) in [4.78, 5) is 11.2. The molecule has 0 radical (unpaired) electrons. The molecule has 1 aliphatic rings. The van der Waals surface area contributed by atoms with Gasteiger partial charge in [0, 0.05) is 18.0 Å². The summed E-state index contributed by atoms with van der Waals surface area (Å²) in [7, 11) is 0. The second kappa shape index (κ2) is 5.95. The third kappa shape index (κ3) is 3.50. The van der Waals surface area contributed by atoms with E-state index in [4.69, 9.17) is 4.52 Å². The maximum absolute atomic E-state index is 11.2. The molecule has 0 unspecified atom stereocenters. The molecule has 2 heterocycles. The molecule has 1 aliphatic heterocycles. The molecule has 0 saturated carbocycles. The highest BCUT2D eigenvalue weighted by Crippen LogP contribution is 2.36. The van der Waals surface area contributed by atoms with E-state index in [1.807, 2.05) is 0 Å². The molecule has 19 heavy (non-hydrogen) atoms. The topological polar surface area (TPSA) is 58.0 Å². The molecule has 1 aromatic rings. The van der Waals surface area contributed by atoms with Crippen molar-refractivity contribution in [2.24, 2.45) is 5.41 Å². The smallest absolute Gasteiger partial charge is 0.280 e. The second-order valence-corrected chi connectivity index (χ2v) is 6.21. The van der Waals surface area contributed by atoms with Crippen molar-refractivity contribution in [1.82, 2.24) is 10.5 Å². The van der Waals surface area contributed by atoms with Gasteiger partial charge in [0.15, 0.2) is 0 Å². The van der Waals surface area contributed by atoms with E-state index in [0.717, 1.165) is 25.1 Å². The van der Waals surface area contributed by atoms with E-state index in [1.165, 1.54) is 19.3 Å². The van der Waals surface area contributed by atoms with Gasteiger partial charge in [-0.1, -0.05) is 33.6 Å². The standard InChI is InChI=1S/C15H26N2O2/c1-4-15(3,5-2)10-12-8-11(6-7-16-12)13-9-14(18)17-19-13/h9,11-12,16H,4-8,10H2,1-3H3,(H,17,18)/t11-,12+/m0/s1. The van der Waals surface area contributed by atoms with E-state index in [0.29, 0.717) is 17.4 Å². The first-order valence-electron chi connectivity index (χ1n) is 7.48. The molecule has 0 aromatic carbocycles. The molecule has 4 nitrogen and oxygen atoms in total. The molecule has 1 aromatic heterocycles. The van der Waals surface area contributed by atoms with Crippen LogP contribution in [-0.2, 0) is 0 Å². The Balaban J connectivity index is 1.99. The molecule has 2 N–H and O–H groups in total. The number of aromatic nitrogens is 1. The zero-order valence-electron chi connectivity index (χ0n) is 12.3. The Morgan fingerprint density at radius 1 is 1.42 bits per heavy atom. The van der Waals surface area contributed by atoms with Gasteiger partial charge in [-0.15, -0.1) is 0 Å². The molecule has 108 valence electrons. The Hall–Kier alpha value is -1.03. The first-order valence-corrected chi connectivity index (χ1v) is 7.48. The molecule has 0 aliphatic carbocycles. The van der Waals surface area contributed by atoms with Gasteiger partial charge in [-0.3, -0.25) is 4.79 Å². The van der Waals surface area contributed by atoms with Gasteiger partial charge in [-0.05, 0) is 31.2 Å². The zero-order chi connectivity index (χ0) is 13.9. The van der Waals surface area contributed by atoms with Gasteiger partial charge in [0.25, 0.3) is 5.56 Å². The van der Waals surface area contributed by atoms with E-state index in [2.05, 4.69) is 31.2 Å². The fourth-order valence-electron chi connectivity index (χ4n) is 3.05. The van der Waals surface area contributed by atoms with Crippen LogP contribution in [0.15, 0.2) is 15.4 Å². The van der Waals surface area contributed by atoms with Gasteiger partial charge in [0.1, 0.15) is 5.76 Å². The van der Waals surface area contributed by atoms with Gasteiger partial charge >= 0.3 is 0 Å². The van der Waals surface area contributed by atoms with Crippen LogP contribution in [0, 0.1) is 5.41 Å². The van der Waals surface area contributed by atoms with E-state index < -0.39 is 0 Å². The molecule has 2 rings (SSSR count). The van der Waals surface area contributed by atoms with Crippen LogP contribution in [0.5, 0.6) is 0 Å². The summed E-state index contributed by atoms with van der Waals surface area (Å²) >= 11 is 0. The third-order valence-electron chi connectivity index (χ3n) is 4.89. The Bertz CT molecular complexity index is 445. The van der Waals surface area contributed by atoms with Crippen molar-refractivity contribution in [3.05, 3.63) is 22.2 Å². The predicted octanol–water partition coefficient (Wildman–Crippen LogP) is 3.02. The number of piperidine rings is 1. The zero-order valence-corrected chi connectivity index (χ0v) is 12.3. The SMILES string of the molecule is CCC(C)(CC)C[C@H]1C[C@@H](c2cc(=O)[nH]o2)CCN1. The molecule has 2 atom stereocenters. The Morgan fingerprint density at radius 3 is 2.74 bits per heavy atom. The van der Waals surface area contributed by atoms with Crippen LogP contribution in [0.2, 0.25) is 0 Å². The quantitative estimate of drug-likeness (QED) is 0.861. The van der Waals surface area contributed by atoms with Gasteiger partial charge in [-0.2, -0.15) is 5.16 Å². The van der Waals surface area contributed by atoms with Crippen LogP contribution in [0.1, 0.15) is 64.6 Å². The first-order chi connectivity index (χ1) is 9.06. The third-order valence-corrected chi connectivity index (χ3v) is 4.89. The van der Waals surface area contributed by atoms with Crippen LogP contribution < -0.4 is 10.9 Å². The number of hydrogen-bond donors (Lipinski definition) is 2. The fourth-order valence-corrected chi connectivity index (χ4v) is 3.05.